The molecule has 0 saturated carbocycles. The summed E-state index contributed by atoms with van der Waals surface area (Å²) in [5, 5.41) is 1.97. The maximum absolute atomic E-state index is 10.9. The molecule has 0 aliphatic rings. The van der Waals surface area contributed by atoms with E-state index >= 15 is 0 Å². The van der Waals surface area contributed by atoms with Gasteiger partial charge < -0.3 is 0 Å². The lowest BCUT2D eigenvalue weighted by molar-refractivity contribution is 0.0506. The van der Waals surface area contributed by atoms with Crippen molar-refractivity contribution in [2.75, 3.05) is 0 Å². The Morgan fingerprint density at radius 1 is 1.38 bits per heavy atom. The van der Waals surface area contributed by atoms with Gasteiger partial charge in [0.05, 0.1) is 5.56 Å². The van der Waals surface area contributed by atoms with E-state index in [9.17, 15) is 14.5 Å². The fourth-order valence-corrected chi connectivity index (χ4v) is 0.869. The fraction of sp³-hybridized carbons (Fsp3) is 0. The number of hydrogen-bond donors (Lipinski definition) is 0. The summed E-state index contributed by atoms with van der Waals surface area (Å²) >= 11 is 0. The molecule has 0 aromatic heterocycles. The van der Waals surface area contributed by atoms with Gasteiger partial charge in [0.25, 0.3) is 0 Å². The van der Waals surface area contributed by atoms with Crippen LogP contribution in [0.25, 0.3) is 0 Å². The van der Waals surface area contributed by atoms with E-state index in [-0.39, 0.29) is 11.1 Å². The zero-order valence-corrected chi connectivity index (χ0v) is 6.47. The molecular formula is C8H5NO4. The molecule has 0 fully saturated rings. The van der Waals surface area contributed by atoms with Gasteiger partial charge in [0.15, 0.2) is 11.6 Å². The minimum atomic E-state index is -0.933. The molecule has 1 aromatic carbocycles. The molecule has 0 atom stereocenters. The highest BCUT2D eigenvalue weighted by atomic mass is 16.7. The molecule has 13 heavy (non-hydrogen) atoms. The predicted octanol–water partition coefficient (Wildman–Crippen LogP) is 1.34. The molecule has 0 amide bonds. The van der Waals surface area contributed by atoms with Crippen LogP contribution in [0.4, 0.5) is 0 Å². The molecule has 0 radical (unpaired) electrons. The summed E-state index contributed by atoms with van der Waals surface area (Å²) in [6.07, 6.45) is 0.501. The lowest BCUT2D eigenvalue weighted by Crippen LogP contribution is -2.03. The van der Waals surface area contributed by atoms with Crippen LogP contribution in [-0.2, 0) is 4.84 Å². The topological polar surface area (TPSA) is 72.8 Å². The first-order valence-corrected chi connectivity index (χ1v) is 3.38. The van der Waals surface area contributed by atoms with Crippen molar-refractivity contribution in [1.29, 1.82) is 0 Å². The first-order chi connectivity index (χ1) is 6.29. The number of carbonyl (C=O) groups is 2. The second-order valence-electron chi connectivity index (χ2n) is 2.16. The van der Waals surface area contributed by atoms with Crippen LogP contribution in [-0.4, -0.2) is 12.3 Å². The van der Waals surface area contributed by atoms with Gasteiger partial charge in [-0.1, -0.05) is 18.2 Å². The SMILES string of the molecule is O=Cc1ccccc1C(=O)ON=O. The Morgan fingerprint density at radius 3 is 2.69 bits per heavy atom. The third-order valence-corrected chi connectivity index (χ3v) is 1.43. The number of carbonyl (C=O) groups excluding carboxylic acids is 2. The van der Waals surface area contributed by atoms with E-state index in [1.807, 2.05) is 5.34 Å². The monoisotopic (exact) mass is 179 g/mol. The second-order valence-corrected chi connectivity index (χ2v) is 2.16. The van der Waals surface area contributed by atoms with Crippen molar-refractivity contribution in [2.45, 2.75) is 0 Å². The lowest BCUT2D eigenvalue weighted by atomic mass is 10.1. The Bertz CT molecular complexity index is 348. The van der Waals surface area contributed by atoms with Gasteiger partial charge in [-0.15, -0.1) is 4.91 Å². The average molecular weight is 179 g/mol. The first-order valence-electron chi connectivity index (χ1n) is 3.38. The van der Waals surface area contributed by atoms with Gasteiger partial charge in [-0.3, -0.25) is 9.63 Å². The van der Waals surface area contributed by atoms with E-state index in [4.69, 9.17) is 0 Å². The lowest BCUT2D eigenvalue weighted by Gasteiger charge is -1.97. The molecule has 66 valence electrons. The second kappa shape index (κ2) is 4.10. The van der Waals surface area contributed by atoms with Crippen LogP contribution < -0.4 is 0 Å². The van der Waals surface area contributed by atoms with Crippen LogP contribution in [0.15, 0.2) is 29.6 Å². The zero-order valence-electron chi connectivity index (χ0n) is 6.47. The molecule has 0 bridgehead atoms. The smallest absolute Gasteiger partial charge is 0.298 e. The van der Waals surface area contributed by atoms with Crippen LogP contribution in [0.2, 0.25) is 0 Å². The Balaban J connectivity index is 3.05. The summed E-state index contributed by atoms with van der Waals surface area (Å²) in [4.78, 5) is 34.8. The molecule has 0 spiro atoms. The van der Waals surface area contributed by atoms with Crippen molar-refractivity contribution >= 4 is 12.3 Å². The molecule has 1 rings (SSSR count). The molecule has 0 saturated heterocycles. The Kier molecular flexibility index (Phi) is 2.86. The third kappa shape index (κ3) is 1.96. The van der Waals surface area contributed by atoms with Crippen molar-refractivity contribution in [2.24, 2.45) is 5.34 Å². The van der Waals surface area contributed by atoms with E-state index in [1.54, 1.807) is 12.1 Å². The maximum Gasteiger partial charge on any atom is 0.370 e. The first kappa shape index (κ1) is 9.05. The van der Waals surface area contributed by atoms with Gasteiger partial charge in [0, 0.05) is 5.56 Å². The summed E-state index contributed by atoms with van der Waals surface area (Å²) < 4.78 is 0. The largest absolute Gasteiger partial charge is 0.370 e. The van der Waals surface area contributed by atoms with E-state index in [1.165, 1.54) is 12.1 Å². The van der Waals surface area contributed by atoms with Gasteiger partial charge in [-0.05, 0) is 6.07 Å². The molecule has 1 aromatic rings. The number of rotatable bonds is 3. The number of aldehydes is 1. The molecule has 0 aliphatic carbocycles. The Morgan fingerprint density at radius 2 is 2.08 bits per heavy atom. The molecule has 0 heterocycles. The van der Waals surface area contributed by atoms with Crippen molar-refractivity contribution in [3.05, 3.63) is 40.3 Å². The standard InChI is InChI=1S/C8H5NO4/c10-5-6-3-1-2-4-7(6)8(11)13-9-12/h1-5H. The van der Waals surface area contributed by atoms with Crippen molar-refractivity contribution in [3.8, 4) is 0 Å². The van der Waals surface area contributed by atoms with E-state index < -0.39 is 5.97 Å². The molecule has 5 nitrogen and oxygen atoms in total. The number of hydrogen-bond acceptors (Lipinski definition) is 5. The minimum absolute atomic E-state index is 0.0251. The molecule has 0 aliphatic heterocycles. The van der Waals surface area contributed by atoms with E-state index in [0.717, 1.165) is 0 Å². The fourth-order valence-electron chi connectivity index (χ4n) is 0.869. The highest BCUT2D eigenvalue weighted by Gasteiger charge is 2.11. The number of nitrogens with zero attached hydrogens (tertiary/aromatic N) is 1. The normalized spacial score (nSPS) is 8.92. The van der Waals surface area contributed by atoms with Crippen molar-refractivity contribution in [1.82, 2.24) is 0 Å². The Hall–Kier alpha value is -2.04. The maximum atomic E-state index is 10.9. The van der Waals surface area contributed by atoms with Gasteiger partial charge >= 0.3 is 5.97 Å². The van der Waals surface area contributed by atoms with Gasteiger partial charge in [0.1, 0.15) is 0 Å². The van der Waals surface area contributed by atoms with E-state index in [0.29, 0.717) is 6.29 Å². The van der Waals surface area contributed by atoms with Crippen LogP contribution in [0.3, 0.4) is 0 Å². The van der Waals surface area contributed by atoms with Crippen molar-refractivity contribution in [3.63, 3.8) is 0 Å². The van der Waals surface area contributed by atoms with Gasteiger partial charge in [-0.2, -0.15) is 0 Å². The quantitative estimate of drug-likeness (QED) is 0.398. The van der Waals surface area contributed by atoms with Crippen LogP contribution in [0.1, 0.15) is 20.7 Å². The molecule has 0 unspecified atom stereocenters. The summed E-state index contributed by atoms with van der Waals surface area (Å²) in [5.74, 6) is -0.933. The van der Waals surface area contributed by atoms with Crippen LogP contribution >= 0.6 is 0 Å². The molecular weight excluding hydrogens is 174 g/mol. The highest BCUT2D eigenvalue weighted by Crippen LogP contribution is 2.07. The van der Waals surface area contributed by atoms with Crippen LogP contribution in [0, 0.1) is 4.91 Å². The van der Waals surface area contributed by atoms with Crippen molar-refractivity contribution < 1.29 is 14.4 Å². The van der Waals surface area contributed by atoms with Crippen LogP contribution in [0.5, 0.6) is 0 Å². The summed E-state index contributed by atoms with van der Waals surface area (Å²) in [7, 11) is 0. The van der Waals surface area contributed by atoms with E-state index in [2.05, 4.69) is 4.84 Å². The van der Waals surface area contributed by atoms with Gasteiger partial charge in [0.2, 0.25) is 0 Å². The predicted molar refractivity (Wildman–Crippen MR) is 43.0 cm³/mol. The zero-order chi connectivity index (χ0) is 9.68. The average Bonchev–Trinajstić information content (AvgIpc) is 2.18. The highest BCUT2D eigenvalue weighted by molar-refractivity contribution is 5.98. The minimum Gasteiger partial charge on any atom is -0.298 e. The summed E-state index contributed by atoms with van der Waals surface area (Å²) in [6, 6.07) is 5.95. The number of benzene rings is 1. The summed E-state index contributed by atoms with van der Waals surface area (Å²) in [6.45, 7) is 0. The third-order valence-electron chi connectivity index (χ3n) is 1.43. The molecule has 5 heteroatoms. The summed E-state index contributed by atoms with van der Waals surface area (Å²) in [5.41, 5.74) is 0.188. The molecule has 0 N–H and O–H groups in total. The van der Waals surface area contributed by atoms with Gasteiger partial charge in [-0.25, -0.2) is 4.79 Å². The Labute approximate surface area is 73.2 Å².